The third-order valence-electron chi connectivity index (χ3n) is 4.79. The van der Waals surface area contributed by atoms with Gasteiger partial charge in [-0.3, -0.25) is 9.78 Å². The van der Waals surface area contributed by atoms with Crippen LogP contribution in [0.4, 0.5) is 0 Å². The first-order valence-corrected chi connectivity index (χ1v) is 7.78. The summed E-state index contributed by atoms with van der Waals surface area (Å²) >= 11 is 0. The number of ketones is 1. The first-order chi connectivity index (χ1) is 9.69. The molecule has 0 bridgehead atoms. The minimum Gasteiger partial charge on any atom is -0.375 e. The molecule has 0 radical (unpaired) electrons. The highest BCUT2D eigenvalue weighted by atomic mass is 16.5. The smallest absolute Gasteiger partial charge is 0.167 e. The molecule has 20 heavy (non-hydrogen) atoms. The summed E-state index contributed by atoms with van der Waals surface area (Å²) in [5.41, 5.74) is 1.81. The molecule has 1 atom stereocenters. The van der Waals surface area contributed by atoms with Gasteiger partial charge < -0.3 is 4.74 Å². The third-order valence-corrected chi connectivity index (χ3v) is 4.79. The summed E-state index contributed by atoms with van der Waals surface area (Å²) in [7, 11) is 0. The monoisotopic (exact) mass is 273 g/mol. The summed E-state index contributed by atoms with van der Waals surface area (Å²) in [4.78, 5) is 16.8. The summed E-state index contributed by atoms with van der Waals surface area (Å²) in [6.07, 6.45) is 11.3. The minimum absolute atomic E-state index is 0.00587. The van der Waals surface area contributed by atoms with Gasteiger partial charge in [-0.2, -0.15) is 0 Å². The maximum absolute atomic E-state index is 12.7. The van der Waals surface area contributed by atoms with E-state index in [4.69, 9.17) is 4.74 Å². The van der Waals surface area contributed by atoms with E-state index in [9.17, 15) is 4.79 Å². The highest BCUT2D eigenvalue weighted by molar-refractivity contribution is 5.97. The second-order valence-electron chi connectivity index (χ2n) is 6.40. The van der Waals surface area contributed by atoms with Crippen LogP contribution in [0.2, 0.25) is 0 Å². The van der Waals surface area contributed by atoms with Gasteiger partial charge in [-0.25, -0.2) is 0 Å². The summed E-state index contributed by atoms with van der Waals surface area (Å²) in [6.45, 7) is 2.71. The van der Waals surface area contributed by atoms with Gasteiger partial charge >= 0.3 is 0 Å². The van der Waals surface area contributed by atoms with E-state index in [0.717, 1.165) is 43.4 Å². The minimum atomic E-state index is -0.00587. The Morgan fingerprint density at radius 2 is 2.10 bits per heavy atom. The molecule has 2 aliphatic rings. The highest BCUT2D eigenvalue weighted by Crippen LogP contribution is 2.41. The van der Waals surface area contributed by atoms with Gasteiger partial charge in [-0.15, -0.1) is 0 Å². The molecule has 3 heteroatoms. The van der Waals surface area contributed by atoms with E-state index >= 15 is 0 Å². The molecule has 3 nitrogen and oxygen atoms in total. The van der Waals surface area contributed by atoms with Crippen molar-refractivity contribution in [1.29, 1.82) is 0 Å². The first-order valence-electron chi connectivity index (χ1n) is 7.78. The Morgan fingerprint density at radius 3 is 2.85 bits per heavy atom. The van der Waals surface area contributed by atoms with E-state index in [0.29, 0.717) is 0 Å². The van der Waals surface area contributed by atoms with Crippen molar-refractivity contribution in [2.75, 3.05) is 6.61 Å². The van der Waals surface area contributed by atoms with Crippen molar-refractivity contribution in [2.24, 2.45) is 5.92 Å². The third kappa shape index (κ3) is 2.78. The molecule has 0 aromatic carbocycles. The molecule has 108 valence electrons. The van der Waals surface area contributed by atoms with Crippen LogP contribution in [0.25, 0.3) is 0 Å². The van der Waals surface area contributed by atoms with E-state index in [1.54, 1.807) is 12.4 Å². The molecular formula is C17H23NO2. The number of ether oxygens (including phenoxy) is 1. The van der Waals surface area contributed by atoms with Gasteiger partial charge in [0, 0.05) is 30.5 Å². The molecule has 1 saturated heterocycles. The van der Waals surface area contributed by atoms with Crippen LogP contribution in [-0.2, 0) is 4.74 Å². The Kier molecular flexibility index (Phi) is 3.88. The maximum atomic E-state index is 12.7. The first kappa shape index (κ1) is 13.7. The van der Waals surface area contributed by atoms with Crippen molar-refractivity contribution in [3.05, 3.63) is 29.6 Å². The van der Waals surface area contributed by atoms with Gasteiger partial charge in [0.05, 0.1) is 5.60 Å². The summed E-state index contributed by atoms with van der Waals surface area (Å²) in [6, 6.07) is 1.96. The lowest BCUT2D eigenvalue weighted by molar-refractivity contribution is -0.111. The number of hydrogen-bond donors (Lipinski definition) is 0. The summed E-state index contributed by atoms with van der Waals surface area (Å²) in [5.74, 6) is 0.375. The van der Waals surface area contributed by atoms with Gasteiger partial charge in [-0.1, -0.05) is 19.3 Å². The second-order valence-corrected chi connectivity index (χ2v) is 6.40. The quantitative estimate of drug-likeness (QED) is 0.771. The Morgan fingerprint density at radius 1 is 1.30 bits per heavy atom. The van der Waals surface area contributed by atoms with E-state index in [2.05, 4.69) is 4.98 Å². The number of pyridine rings is 1. The average Bonchev–Trinajstić information content (AvgIpc) is 2.47. The van der Waals surface area contributed by atoms with E-state index < -0.39 is 0 Å². The molecule has 0 amide bonds. The molecule has 2 fully saturated rings. The molecule has 1 unspecified atom stereocenters. The van der Waals surface area contributed by atoms with Crippen LogP contribution in [-0.4, -0.2) is 23.0 Å². The lowest BCUT2D eigenvalue weighted by atomic mass is 9.74. The predicted molar refractivity (Wildman–Crippen MR) is 77.8 cm³/mol. The topological polar surface area (TPSA) is 39.2 Å². The average molecular weight is 273 g/mol. The van der Waals surface area contributed by atoms with Gasteiger partial charge in [0.25, 0.3) is 0 Å². The van der Waals surface area contributed by atoms with Crippen molar-refractivity contribution < 1.29 is 9.53 Å². The molecule has 1 aromatic rings. The van der Waals surface area contributed by atoms with E-state index in [-0.39, 0.29) is 17.3 Å². The van der Waals surface area contributed by atoms with Crippen molar-refractivity contribution in [2.45, 2.75) is 57.5 Å². The molecule has 2 heterocycles. The van der Waals surface area contributed by atoms with Gasteiger partial charge in [-0.05, 0) is 44.2 Å². The van der Waals surface area contributed by atoms with Crippen LogP contribution >= 0.6 is 0 Å². The number of Topliss-reactive ketones (excluding diaryl/α,β-unsaturated/α-hetero) is 1. The van der Waals surface area contributed by atoms with E-state index in [1.165, 1.54) is 19.3 Å². The van der Waals surface area contributed by atoms with Crippen LogP contribution in [0.5, 0.6) is 0 Å². The fraction of sp³-hybridized carbons (Fsp3) is 0.647. The van der Waals surface area contributed by atoms with E-state index in [1.807, 2.05) is 13.0 Å². The number of aromatic nitrogens is 1. The second kappa shape index (κ2) is 5.65. The van der Waals surface area contributed by atoms with Gasteiger partial charge in [0.1, 0.15) is 0 Å². The van der Waals surface area contributed by atoms with Crippen molar-refractivity contribution in [3.8, 4) is 0 Å². The molecule has 1 aromatic heterocycles. The number of carbonyl (C=O) groups excluding carboxylic acids is 1. The number of hydrogen-bond acceptors (Lipinski definition) is 3. The van der Waals surface area contributed by atoms with Gasteiger partial charge in [0.2, 0.25) is 0 Å². The lowest BCUT2D eigenvalue weighted by Crippen LogP contribution is -2.43. The van der Waals surface area contributed by atoms with Crippen LogP contribution in [0.3, 0.4) is 0 Å². The Hall–Kier alpha value is -1.22. The SMILES string of the molecule is Cc1cncc(C(=O)C2CCOC3(CCCCC3)C2)c1. The van der Waals surface area contributed by atoms with Crippen molar-refractivity contribution in [1.82, 2.24) is 4.98 Å². The molecule has 1 aliphatic heterocycles. The van der Waals surface area contributed by atoms with Crippen LogP contribution in [0.15, 0.2) is 18.5 Å². The Bertz CT molecular complexity index is 486. The molecular weight excluding hydrogens is 250 g/mol. The largest absolute Gasteiger partial charge is 0.375 e. The van der Waals surface area contributed by atoms with Gasteiger partial charge in [0.15, 0.2) is 5.78 Å². The molecule has 1 aliphatic carbocycles. The Labute approximate surface area is 120 Å². The number of nitrogens with zero attached hydrogens (tertiary/aromatic N) is 1. The maximum Gasteiger partial charge on any atom is 0.167 e. The Balaban J connectivity index is 1.74. The highest BCUT2D eigenvalue weighted by Gasteiger charge is 2.40. The van der Waals surface area contributed by atoms with Crippen LogP contribution < -0.4 is 0 Å². The molecule has 3 rings (SSSR count). The zero-order valence-electron chi connectivity index (χ0n) is 12.2. The molecule has 0 N–H and O–H groups in total. The summed E-state index contributed by atoms with van der Waals surface area (Å²) < 4.78 is 6.08. The van der Waals surface area contributed by atoms with Crippen molar-refractivity contribution >= 4 is 5.78 Å². The van der Waals surface area contributed by atoms with Crippen LogP contribution in [0.1, 0.15) is 60.9 Å². The number of aryl methyl sites for hydroxylation is 1. The number of carbonyl (C=O) groups is 1. The van der Waals surface area contributed by atoms with Crippen LogP contribution in [0, 0.1) is 12.8 Å². The molecule has 1 saturated carbocycles. The normalized spacial score (nSPS) is 25.6. The predicted octanol–water partition coefficient (Wildman–Crippen LogP) is 3.70. The zero-order chi connectivity index (χ0) is 14.0. The molecule has 1 spiro atoms. The zero-order valence-corrected chi connectivity index (χ0v) is 12.2. The summed E-state index contributed by atoms with van der Waals surface area (Å²) in [5, 5.41) is 0. The fourth-order valence-electron chi connectivity index (χ4n) is 3.72. The fourth-order valence-corrected chi connectivity index (χ4v) is 3.72. The lowest BCUT2D eigenvalue weighted by Gasteiger charge is -2.43. The number of rotatable bonds is 2. The standard InChI is InChI=1S/C17H23NO2/c1-13-9-15(12-18-11-13)16(19)14-5-8-20-17(10-14)6-3-2-4-7-17/h9,11-12,14H,2-8,10H2,1H3. The van der Waals surface area contributed by atoms with Crippen molar-refractivity contribution in [3.63, 3.8) is 0 Å².